The molecule has 0 radical (unpaired) electrons. The van der Waals surface area contributed by atoms with Crippen LogP contribution in [0.5, 0.6) is 0 Å². The van der Waals surface area contributed by atoms with E-state index >= 15 is 0 Å². The second-order valence-corrected chi connectivity index (χ2v) is 3.72. The van der Waals surface area contributed by atoms with Gasteiger partial charge in [-0.3, -0.25) is 4.79 Å². The fourth-order valence-electron chi connectivity index (χ4n) is 1.71. The van der Waals surface area contributed by atoms with Crippen molar-refractivity contribution in [3.05, 3.63) is 28.7 Å². The smallest absolute Gasteiger partial charge is 0.252 e. The van der Waals surface area contributed by atoms with Gasteiger partial charge in [-0.15, -0.1) is 0 Å². The minimum atomic E-state index is -0.251. The van der Waals surface area contributed by atoms with E-state index in [9.17, 15) is 9.90 Å². The molecule has 4 heteroatoms. The Labute approximate surface area is 82.4 Å². The third-order valence-corrected chi connectivity index (χ3v) is 2.62. The van der Waals surface area contributed by atoms with Gasteiger partial charge in [0.15, 0.2) is 0 Å². The van der Waals surface area contributed by atoms with Gasteiger partial charge in [0.25, 0.3) is 5.56 Å². The Bertz CT molecular complexity index is 386. The van der Waals surface area contributed by atoms with Crippen molar-refractivity contribution in [2.45, 2.75) is 12.5 Å². The van der Waals surface area contributed by atoms with Gasteiger partial charge in [-0.2, -0.15) is 0 Å². The Kier molecular flexibility index (Phi) is 2.29. The number of aliphatic hydroxyl groups excluding tert-OH is 1. The number of hydrogen-bond acceptors (Lipinski definition) is 3. The lowest BCUT2D eigenvalue weighted by molar-refractivity contribution is 0.198. The summed E-state index contributed by atoms with van der Waals surface area (Å²) in [6, 6.07) is 3.51. The lowest BCUT2D eigenvalue weighted by Crippen LogP contribution is -2.24. The van der Waals surface area contributed by atoms with Gasteiger partial charge in [-0.1, -0.05) is 0 Å². The molecule has 0 spiro atoms. The fraction of sp³-hybridized carbons (Fsp3) is 0.500. The first-order valence-corrected chi connectivity index (χ1v) is 4.76. The molecule has 1 atom stereocenters. The highest BCUT2D eigenvalue weighted by Gasteiger charge is 2.20. The lowest BCUT2D eigenvalue weighted by atomic mass is 10.3. The van der Waals surface area contributed by atoms with E-state index in [4.69, 9.17) is 0 Å². The van der Waals surface area contributed by atoms with Crippen LogP contribution in [0.25, 0.3) is 0 Å². The molecule has 0 aliphatic carbocycles. The average molecular weight is 194 g/mol. The highest BCUT2D eigenvalue weighted by molar-refractivity contribution is 5.45. The van der Waals surface area contributed by atoms with Crippen LogP contribution in [0.1, 0.15) is 6.42 Å². The van der Waals surface area contributed by atoms with Crippen LogP contribution in [0.3, 0.4) is 0 Å². The minimum absolute atomic E-state index is 0.0103. The topological polar surface area (TPSA) is 45.5 Å². The van der Waals surface area contributed by atoms with Crippen molar-refractivity contribution in [1.82, 2.24) is 4.57 Å². The first-order chi connectivity index (χ1) is 6.66. The van der Waals surface area contributed by atoms with Gasteiger partial charge in [0, 0.05) is 38.1 Å². The molecular weight excluding hydrogens is 180 g/mol. The van der Waals surface area contributed by atoms with Gasteiger partial charge >= 0.3 is 0 Å². The van der Waals surface area contributed by atoms with Crippen molar-refractivity contribution in [1.29, 1.82) is 0 Å². The summed E-state index contributed by atoms with van der Waals surface area (Å²) in [6.07, 6.45) is 2.29. The number of anilines is 1. The van der Waals surface area contributed by atoms with E-state index in [0.29, 0.717) is 6.54 Å². The van der Waals surface area contributed by atoms with Gasteiger partial charge in [0.2, 0.25) is 0 Å². The molecule has 0 aromatic carbocycles. The third kappa shape index (κ3) is 1.65. The maximum atomic E-state index is 11.4. The van der Waals surface area contributed by atoms with Crippen LogP contribution in [0.2, 0.25) is 0 Å². The number of nitrogens with zero attached hydrogens (tertiary/aromatic N) is 2. The summed E-state index contributed by atoms with van der Waals surface area (Å²) in [6.45, 7) is 1.46. The first-order valence-electron chi connectivity index (χ1n) is 4.76. The monoisotopic (exact) mass is 194 g/mol. The largest absolute Gasteiger partial charge is 0.391 e. The first kappa shape index (κ1) is 9.27. The van der Waals surface area contributed by atoms with E-state index in [1.54, 1.807) is 19.3 Å². The molecule has 2 rings (SSSR count). The number of β-amino-alcohol motifs (C(OH)–C–C–N with tert-alkyl or cyclic N) is 1. The summed E-state index contributed by atoms with van der Waals surface area (Å²) in [7, 11) is 1.73. The summed E-state index contributed by atoms with van der Waals surface area (Å²) < 4.78 is 1.54. The van der Waals surface area contributed by atoms with E-state index in [1.807, 2.05) is 11.0 Å². The highest BCUT2D eigenvalue weighted by Crippen LogP contribution is 2.17. The third-order valence-electron chi connectivity index (χ3n) is 2.62. The highest BCUT2D eigenvalue weighted by atomic mass is 16.3. The Morgan fingerprint density at radius 1 is 1.57 bits per heavy atom. The molecule has 2 heterocycles. The molecule has 0 amide bonds. The SMILES string of the molecule is Cn1ccc(N2CC[C@@H](O)C2)cc1=O. The van der Waals surface area contributed by atoms with Crippen molar-refractivity contribution in [3.63, 3.8) is 0 Å². The van der Waals surface area contributed by atoms with Gasteiger partial charge in [0.05, 0.1) is 6.10 Å². The molecule has 1 aromatic rings. The molecule has 0 bridgehead atoms. The summed E-state index contributed by atoms with van der Waals surface area (Å²) in [5, 5.41) is 9.36. The summed E-state index contributed by atoms with van der Waals surface area (Å²) in [4.78, 5) is 13.4. The molecule has 14 heavy (non-hydrogen) atoms. The molecule has 1 N–H and O–H groups in total. The standard InChI is InChI=1S/C10H14N2O2/c1-11-4-2-8(6-10(11)14)12-5-3-9(13)7-12/h2,4,6,9,13H,3,5,7H2,1H3/t9-/m1/s1. The van der Waals surface area contributed by atoms with Gasteiger partial charge in [0.1, 0.15) is 0 Å². The number of aromatic nitrogens is 1. The van der Waals surface area contributed by atoms with Crippen LogP contribution in [0.15, 0.2) is 23.1 Å². The zero-order valence-corrected chi connectivity index (χ0v) is 8.18. The molecule has 1 aromatic heterocycles. The average Bonchev–Trinajstić information content (AvgIpc) is 2.57. The van der Waals surface area contributed by atoms with E-state index < -0.39 is 0 Å². The molecule has 1 aliphatic heterocycles. The number of aliphatic hydroxyl groups is 1. The van der Waals surface area contributed by atoms with Crippen molar-refractivity contribution in [3.8, 4) is 0 Å². The molecule has 0 unspecified atom stereocenters. The molecule has 1 saturated heterocycles. The van der Waals surface area contributed by atoms with Crippen molar-refractivity contribution < 1.29 is 5.11 Å². The predicted molar refractivity (Wildman–Crippen MR) is 54.5 cm³/mol. The van der Waals surface area contributed by atoms with Crippen LogP contribution in [-0.4, -0.2) is 28.9 Å². The van der Waals surface area contributed by atoms with Crippen molar-refractivity contribution in [2.75, 3.05) is 18.0 Å². The van der Waals surface area contributed by atoms with Gasteiger partial charge in [-0.25, -0.2) is 0 Å². The van der Waals surface area contributed by atoms with E-state index in [1.165, 1.54) is 4.57 Å². The number of pyridine rings is 1. The minimum Gasteiger partial charge on any atom is -0.391 e. The molecule has 1 aliphatic rings. The van der Waals surface area contributed by atoms with E-state index in [2.05, 4.69) is 0 Å². The van der Waals surface area contributed by atoms with Crippen LogP contribution in [0.4, 0.5) is 5.69 Å². The predicted octanol–water partition coefficient (Wildman–Crippen LogP) is -0.0437. The number of hydrogen-bond donors (Lipinski definition) is 1. The van der Waals surface area contributed by atoms with E-state index in [0.717, 1.165) is 18.7 Å². The molecule has 4 nitrogen and oxygen atoms in total. The quantitative estimate of drug-likeness (QED) is 0.682. The second-order valence-electron chi connectivity index (χ2n) is 3.72. The van der Waals surface area contributed by atoms with E-state index in [-0.39, 0.29) is 11.7 Å². The van der Waals surface area contributed by atoms with Crippen LogP contribution in [-0.2, 0) is 7.05 Å². The van der Waals surface area contributed by atoms with Crippen molar-refractivity contribution >= 4 is 5.69 Å². The Hall–Kier alpha value is -1.29. The van der Waals surface area contributed by atoms with Gasteiger partial charge in [-0.05, 0) is 12.5 Å². The van der Waals surface area contributed by atoms with Crippen LogP contribution in [0, 0.1) is 0 Å². The van der Waals surface area contributed by atoms with Crippen molar-refractivity contribution in [2.24, 2.45) is 7.05 Å². The molecular formula is C10H14N2O2. The Morgan fingerprint density at radius 3 is 2.93 bits per heavy atom. The zero-order chi connectivity index (χ0) is 10.1. The Morgan fingerprint density at radius 2 is 2.36 bits per heavy atom. The maximum Gasteiger partial charge on any atom is 0.252 e. The summed E-state index contributed by atoms with van der Waals surface area (Å²) in [5.74, 6) is 0. The molecule has 1 fully saturated rings. The van der Waals surface area contributed by atoms with Crippen LogP contribution < -0.4 is 10.5 Å². The summed E-state index contributed by atoms with van der Waals surface area (Å²) >= 11 is 0. The van der Waals surface area contributed by atoms with Gasteiger partial charge < -0.3 is 14.6 Å². The maximum absolute atomic E-state index is 11.4. The fourth-order valence-corrected chi connectivity index (χ4v) is 1.71. The zero-order valence-electron chi connectivity index (χ0n) is 8.18. The number of rotatable bonds is 1. The lowest BCUT2D eigenvalue weighted by Gasteiger charge is -2.17. The van der Waals surface area contributed by atoms with Crippen LogP contribution >= 0.6 is 0 Å². The molecule has 76 valence electrons. The summed E-state index contributed by atoms with van der Waals surface area (Å²) in [5.41, 5.74) is 0.897. The normalized spacial score (nSPS) is 21.6. The Balaban J connectivity index is 2.25. The second kappa shape index (κ2) is 3.46. The number of aryl methyl sites for hydroxylation is 1. The molecule has 0 saturated carbocycles.